The van der Waals surface area contributed by atoms with Crippen LogP contribution in [0.1, 0.15) is 51.2 Å². The molecule has 194 valence electrons. The third-order valence-corrected chi connectivity index (χ3v) is 6.91. The van der Waals surface area contributed by atoms with Gasteiger partial charge in [0, 0.05) is 32.4 Å². The lowest BCUT2D eigenvalue weighted by Gasteiger charge is -2.33. The SMILES string of the molecule is CC.CC1CCCCN1Cc1cccc(-c2cccc(CN(C)c3nc(=O)n(O)c4ncccc34)c2)c1. The molecule has 1 atom stereocenters. The smallest absolute Gasteiger partial charge is 0.384 e. The quantitative estimate of drug-likeness (QED) is 0.341. The maximum Gasteiger partial charge on any atom is 0.384 e. The number of hydrogen-bond donors (Lipinski definition) is 1. The zero-order valence-electron chi connectivity index (χ0n) is 22.3. The molecule has 1 aliphatic heterocycles. The van der Waals surface area contributed by atoms with Gasteiger partial charge in [0.25, 0.3) is 0 Å². The summed E-state index contributed by atoms with van der Waals surface area (Å²) in [6.45, 7) is 9.05. The summed E-state index contributed by atoms with van der Waals surface area (Å²) in [4.78, 5) is 24.9. The molecule has 37 heavy (non-hydrogen) atoms. The molecule has 0 amide bonds. The van der Waals surface area contributed by atoms with Crippen LogP contribution in [0.2, 0.25) is 0 Å². The number of likely N-dealkylation sites (tertiary alicyclic amines) is 1. The number of fused-ring (bicyclic) bond motifs is 1. The Kier molecular flexibility index (Phi) is 8.56. The van der Waals surface area contributed by atoms with Crippen molar-refractivity contribution < 1.29 is 5.21 Å². The van der Waals surface area contributed by atoms with E-state index < -0.39 is 5.69 Å². The Hall–Kier alpha value is -3.71. The molecule has 7 heteroatoms. The molecule has 5 rings (SSSR count). The van der Waals surface area contributed by atoms with Crippen LogP contribution in [0, 0.1) is 0 Å². The summed E-state index contributed by atoms with van der Waals surface area (Å²) in [6, 6.07) is 21.5. The Balaban J connectivity index is 0.00000156. The van der Waals surface area contributed by atoms with Crippen LogP contribution in [-0.4, -0.2) is 44.4 Å². The van der Waals surface area contributed by atoms with Gasteiger partial charge in [0.2, 0.25) is 0 Å². The second kappa shape index (κ2) is 12.0. The molecule has 4 aromatic rings. The van der Waals surface area contributed by atoms with E-state index in [0.29, 0.717) is 28.5 Å². The first kappa shape index (κ1) is 26.4. The van der Waals surface area contributed by atoms with E-state index in [1.807, 2.05) is 25.8 Å². The number of nitrogens with zero attached hydrogens (tertiary/aromatic N) is 5. The van der Waals surface area contributed by atoms with E-state index in [1.54, 1.807) is 18.3 Å². The second-order valence-corrected chi connectivity index (χ2v) is 9.48. The maximum absolute atomic E-state index is 12.2. The van der Waals surface area contributed by atoms with Gasteiger partial charge in [0.1, 0.15) is 5.82 Å². The lowest BCUT2D eigenvalue weighted by atomic mass is 9.99. The van der Waals surface area contributed by atoms with Crippen molar-refractivity contribution in [1.82, 2.24) is 19.6 Å². The molecule has 1 saturated heterocycles. The van der Waals surface area contributed by atoms with Crippen molar-refractivity contribution >= 4 is 16.9 Å². The highest BCUT2D eigenvalue weighted by atomic mass is 16.5. The van der Waals surface area contributed by atoms with Gasteiger partial charge in [-0.1, -0.05) is 56.7 Å². The molecule has 0 saturated carbocycles. The summed E-state index contributed by atoms with van der Waals surface area (Å²) in [5.74, 6) is 0.492. The zero-order chi connectivity index (χ0) is 26.4. The molecule has 1 N–H and O–H groups in total. The number of piperidine rings is 1. The molecular formula is C30H37N5O2. The van der Waals surface area contributed by atoms with Crippen molar-refractivity contribution in [2.24, 2.45) is 0 Å². The lowest BCUT2D eigenvalue weighted by Crippen LogP contribution is -2.36. The van der Waals surface area contributed by atoms with Gasteiger partial charge in [0.05, 0.1) is 5.39 Å². The first-order valence-corrected chi connectivity index (χ1v) is 13.2. The second-order valence-electron chi connectivity index (χ2n) is 9.48. The molecule has 0 spiro atoms. The third-order valence-electron chi connectivity index (χ3n) is 6.91. The number of pyridine rings is 1. The van der Waals surface area contributed by atoms with Gasteiger partial charge >= 0.3 is 5.69 Å². The average molecular weight is 500 g/mol. The Bertz CT molecular complexity index is 1400. The van der Waals surface area contributed by atoms with Gasteiger partial charge in [-0.3, -0.25) is 4.90 Å². The van der Waals surface area contributed by atoms with Crippen LogP contribution in [0.15, 0.2) is 71.7 Å². The largest absolute Gasteiger partial charge is 0.422 e. The monoisotopic (exact) mass is 499 g/mol. The van der Waals surface area contributed by atoms with Crippen LogP contribution in [-0.2, 0) is 13.1 Å². The summed E-state index contributed by atoms with van der Waals surface area (Å²) in [7, 11) is 1.89. The van der Waals surface area contributed by atoms with Crippen molar-refractivity contribution in [3.63, 3.8) is 0 Å². The summed E-state index contributed by atoms with van der Waals surface area (Å²) >= 11 is 0. The number of aromatic nitrogens is 3. The summed E-state index contributed by atoms with van der Waals surface area (Å²) in [6.07, 6.45) is 5.44. The van der Waals surface area contributed by atoms with Crippen LogP contribution in [0.4, 0.5) is 5.82 Å². The Morgan fingerprint density at radius 3 is 2.43 bits per heavy atom. The normalized spacial score (nSPS) is 15.7. The van der Waals surface area contributed by atoms with Gasteiger partial charge in [-0.05, 0) is 72.8 Å². The van der Waals surface area contributed by atoms with Gasteiger partial charge in [-0.15, -0.1) is 4.73 Å². The van der Waals surface area contributed by atoms with E-state index in [2.05, 4.69) is 70.3 Å². The minimum absolute atomic E-state index is 0.197. The molecule has 0 radical (unpaired) electrons. The molecule has 3 heterocycles. The average Bonchev–Trinajstić information content (AvgIpc) is 2.93. The van der Waals surface area contributed by atoms with E-state index in [4.69, 9.17) is 0 Å². The standard InChI is InChI=1S/C28H31N5O2.C2H6/c1-20-8-3-4-15-32(20)19-22-10-6-12-24(17-22)23-11-5-9-21(16-23)18-31(2)27-25-13-7-14-29-26(25)33(35)28(34)30-27;1-2/h5-7,9-14,16-17,20,35H,3-4,8,15,18-19H2,1-2H3;1-2H3. The highest BCUT2D eigenvalue weighted by Crippen LogP contribution is 2.26. The van der Waals surface area contributed by atoms with Crippen LogP contribution >= 0.6 is 0 Å². The first-order chi connectivity index (χ1) is 18.0. The van der Waals surface area contributed by atoms with E-state index in [1.165, 1.54) is 36.9 Å². The molecule has 2 aromatic carbocycles. The molecule has 1 unspecified atom stereocenters. The zero-order valence-corrected chi connectivity index (χ0v) is 22.3. The fraction of sp³-hybridized carbons (Fsp3) is 0.367. The van der Waals surface area contributed by atoms with E-state index in [9.17, 15) is 10.0 Å². The van der Waals surface area contributed by atoms with Gasteiger partial charge < -0.3 is 10.1 Å². The van der Waals surface area contributed by atoms with Crippen molar-refractivity contribution in [3.8, 4) is 11.1 Å². The van der Waals surface area contributed by atoms with E-state index in [0.717, 1.165) is 17.7 Å². The van der Waals surface area contributed by atoms with Gasteiger partial charge in [0.15, 0.2) is 5.65 Å². The predicted molar refractivity (Wildman–Crippen MR) is 150 cm³/mol. The molecule has 0 aliphatic carbocycles. The van der Waals surface area contributed by atoms with Crippen molar-refractivity contribution in [1.29, 1.82) is 0 Å². The van der Waals surface area contributed by atoms with Crippen molar-refractivity contribution in [2.75, 3.05) is 18.5 Å². The molecular weight excluding hydrogens is 462 g/mol. The van der Waals surface area contributed by atoms with Crippen LogP contribution in [0.25, 0.3) is 22.2 Å². The minimum Gasteiger partial charge on any atom is -0.422 e. The number of hydrogen-bond acceptors (Lipinski definition) is 6. The predicted octanol–water partition coefficient (Wildman–Crippen LogP) is 5.73. The summed E-state index contributed by atoms with van der Waals surface area (Å²) in [5, 5.41) is 10.6. The maximum atomic E-state index is 12.2. The summed E-state index contributed by atoms with van der Waals surface area (Å²) in [5.41, 5.74) is 4.26. The van der Waals surface area contributed by atoms with Crippen molar-refractivity contribution in [2.45, 2.75) is 59.2 Å². The molecule has 1 fully saturated rings. The topological polar surface area (TPSA) is 74.5 Å². The van der Waals surface area contributed by atoms with Crippen LogP contribution < -0.4 is 10.6 Å². The number of rotatable bonds is 6. The van der Waals surface area contributed by atoms with Crippen LogP contribution in [0.3, 0.4) is 0 Å². The van der Waals surface area contributed by atoms with Gasteiger partial charge in [-0.25, -0.2) is 9.78 Å². The molecule has 1 aliphatic rings. The Labute approximate surface area is 219 Å². The van der Waals surface area contributed by atoms with Crippen LogP contribution in [0.5, 0.6) is 0 Å². The number of benzene rings is 2. The Morgan fingerprint density at radius 1 is 1.00 bits per heavy atom. The highest BCUT2D eigenvalue weighted by molar-refractivity contribution is 5.86. The van der Waals surface area contributed by atoms with Crippen molar-refractivity contribution in [3.05, 3.63) is 88.5 Å². The fourth-order valence-electron chi connectivity index (χ4n) is 4.99. The Morgan fingerprint density at radius 2 is 1.70 bits per heavy atom. The minimum atomic E-state index is -0.744. The highest BCUT2D eigenvalue weighted by Gasteiger charge is 2.18. The molecule has 7 nitrogen and oxygen atoms in total. The molecule has 0 bridgehead atoms. The third kappa shape index (κ3) is 6.00. The van der Waals surface area contributed by atoms with Gasteiger partial charge in [-0.2, -0.15) is 4.98 Å². The number of anilines is 1. The fourth-order valence-corrected chi connectivity index (χ4v) is 4.99. The van der Waals surface area contributed by atoms with E-state index >= 15 is 0 Å². The van der Waals surface area contributed by atoms with E-state index in [-0.39, 0.29) is 5.65 Å². The lowest BCUT2D eigenvalue weighted by molar-refractivity contribution is 0.152. The first-order valence-electron chi connectivity index (χ1n) is 13.2. The summed E-state index contributed by atoms with van der Waals surface area (Å²) < 4.78 is 0.491. The molecule has 2 aromatic heterocycles.